The van der Waals surface area contributed by atoms with Crippen molar-refractivity contribution >= 4 is 39.6 Å². The minimum absolute atomic E-state index is 0.802. The van der Waals surface area contributed by atoms with E-state index in [0.717, 1.165) is 39.4 Å². The maximum absolute atomic E-state index is 11.3. The number of hydrogen-bond acceptors (Lipinski definition) is 6. The molecule has 0 atom stereocenters. The van der Waals surface area contributed by atoms with Gasteiger partial charge in [0.25, 0.3) is 11.4 Å². The smallest absolute Gasteiger partial charge is 0.258 e. The lowest BCUT2D eigenvalue weighted by Crippen LogP contribution is -2.03. The molecule has 8 nitrogen and oxygen atoms in total. The Morgan fingerprint density at radius 2 is 1.44 bits per heavy atom. The van der Waals surface area contributed by atoms with Crippen molar-refractivity contribution in [3.63, 3.8) is 0 Å². The molecule has 86 valence electrons. The monoisotopic (exact) mass is 358 g/mol. The van der Waals surface area contributed by atoms with Gasteiger partial charge in [-0.1, -0.05) is 0 Å². The van der Waals surface area contributed by atoms with Crippen LogP contribution in [0.15, 0.2) is 23.1 Å². The van der Waals surface area contributed by atoms with E-state index >= 15 is 0 Å². The molecule has 0 N–H and O–H groups in total. The molecular weight excluding hydrogens is 355 g/mol. The number of nitrogens with zero attached hydrogens (tertiary/aromatic N) is 2. The van der Waals surface area contributed by atoms with Gasteiger partial charge in [0.2, 0.25) is 11.9 Å². The van der Waals surface area contributed by atoms with Crippen LogP contribution in [0.25, 0.3) is 0 Å². The molecule has 0 bridgehead atoms. The quantitative estimate of drug-likeness (QED) is 0.350. The van der Waals surface area contributed by atoms with Gasteiger partial charge in [0.05, 0.1) is 31.1 Å². The van der Waals surface area contributed by atoms with Gasteiger partial charge >= 0.3 is 0 Å². The molecule has 0 amide bonds. The Labute approximate surface area is 101 Å². The lowest BCUT2D eigenvalue weighted by atomic mass is 10.3. The van der Waals surface area contributed by atoms with Gasteiger partial charge in [0, 0.05) is 12.1 Å². The third-order valence-corrected chi connectivity index (χ3v) is 3.84. The first-order valence-corrected chi connectivity index (χ1v) is 7.64. The lowest BCUT2D eigenvalue weighted by molar-refractivity contribution is -0.399. The third kappa shape index (κ3) is 2.44. The first-order valence-electron chi connectivity index (χ1n) is 3.61. The van der Waals surface area contributed by atoms with E-state index in [1.807, 2.05) is 0 Å². The van der Waals surface area contributed by atoms with Gasteiger partial charge in [-0.15, -0.1) is 0 Å². The molecule has 0 unspecified atom stereocenters. The van der Waals surface area contributed by atoms with Crippen LogP contribution in [-0.2, 0) is 7.01 Å². The van der Waals surface area contributed by atoms with Crippen LogP contribution in [0.1, 0.15) is 0 Å². The standard InChI is InChI=1S/C6H3IN2O6S/c7-16(14,15)6-4(8(10)11)2-1-3-5(6)9(12)13/h1-3H. The van der Waals surface area contributed by atoms with Crippen molar-refractivity contribution in [2.24, 2.45) is 0 Å². The highest BCUT2D eigenvalue weighted by Crippen LogP contribution is 2.35. The first kappa shape index (κ1) is 12.8. The lowest BCUT2D eigenvalue weighted by Gasteiger charge is -2.00. The van der Waals surface area contributed by atoms with Crippen molar-refractivity contribution in [1.82, 2.24) is 0 Å². The van der Waals surface area contributed by atoms with Gasteiger partial charge in [0.15, 0.2) is 0 Å². The fourth-order valence-electron chi connectivity index (χ4n) is 1.05. The number of halogens is 1. The van der Waals surface area contributed by atoms with Crippen molar-refractivity contribution < 1.29 is 18.3 Å². The van der Waals surface area contributed by atoms with E-state index < -0.39 is 33.1 Å². The Balaban J connectivity index is 3.75. The zero-order chi connectivity index (χ0) is 12.5. The summed E-state index contributed by atoms with van der Waals surface area (Å²) in [6.45, 7) is 0. The summed E-state index contributed by atoms with van der Waals surface area (Å²) in [4.78, 5) is 18.3. The van der Waals surface area contributed by atoms with Crippen molar-refractivity contribution in [2.75, 3.05) is 0 Å². The van der Waals surface area contributed by atoms with Crippen LogP contribution >= 0.6 is 21.2 Å². The average molecular weight is 358 g/mol. The summed E-state index contributed by atoms with van der Waals surface area (Å²) in [5.74, 6) is 0. The van der Waals surface area contributed by atoms with Crippen LogP contribution in [0.3, 0.4) is 0 Å². The van der Waals surface area contributed by atoms with Crippen LogP contribution in [0.5, 0.6) is 0 Å². The van der Waals surface area contributed by atoms with Gasteiger partial charge in [0.1, 0.15) is 0 Å². The molecule has 0 aliphatic carbocycles. The second-order valence-corrected chi connectivity index (χ2v) is 7.34. The molecule has 16 heavy (non-hydrogen) atoms. The predicted octanol–water partition coefficient (Wildman–Crippen LogP) is 1.63. The molecule has 1 aromatic carbocycles. The average Bonchev–Trinajstić information content (AvgIpc) is 2.15. The molecular formula is C6H3IN2O6S. The Hall–Kier alpha value is -1.30. The van der Waals surface area contributed by atoms with Crippen LogP contribution in [-0.4, -0.2) is 18.3 Å². The number of nitro benzene ring substituents is 2. The summed E-state index contributed by atoms with van der Waals surface area (Å²) >= 11 is 0.924. The minimum Gasteiger partial charge on any atom is -0.258 e. The fourth-order valence-corrected chi connectivity index (χ4v) is 3.19. The van der Waals surface area contributed by atoms with Crippen molar-refractivity contribution in [2.45, 2.75) is 4.90 Å². The molecule has 0 saturated carbocycles. The molecule has 1 rings (SSSR count). The maximum Gasteiger partial charge on any atom is 0.295 e. The van der Waals surface area contributed by atoms with E-state index in [9.17, 15) is 28.6 Å². The highest BCUT2D eigenvalue weighted by molar-refractivity contribution is 14.2. The predicted molar refractivity (Wildman–Crippen MR) is 61.0 cm³/mol. The number of nitro groups is 2. The zero-order valence-electron chi connectivity index (χ0n) is 7.36. The minimum atomic E-state index is -4.07. The summed E-state index contributed by atoms with van der Waals surface area (Å²) in [5.41, 5.74) is -1.60. The maximum atomic E-state index is 11.3. The van der Waals surface area contributed by atoms with Crippen LogP contribution in [0.4, 0.5) is 11.4 Å². The summed E-state index contributed by atoms with van der Waals surface area (Å²) in [7, 11) is -4.07. The van der Waals surface area contributed by atoms with E-state index in [-0.39, 0.29) is 0 Å². The molecule has 0 heterocycles. The number of benzene rings is 1. The molecule has 10 heteroatoms. The second-order valence-electron chi connectivity index (χ2n) is 2.58. The summed E-state index contributed by atoms with van der Waals surface area (Å²) in [6.07, 6.45) is 0. The molecule has 0 aliphatic rings. The topological polar surface area (TPSA) is 120 Å². The van der Waals surface area contributed by atoms with E-state index in [4.69, 9.17) is 0 Å². The fraction of sp³-hybridized carbons (Fsp3) is 0. The Morgan fingerprint density at radius 3 is 1.69 bits per heavy atom. The normalized spacial score (nSPS) is 11.1. The number of rotatable bonds is 3. The summed E-state index contributed by atoms with van der Waals surface area (Å²) in [6, 6.07) is 2.86. The molecule has 0 aromatic heterocycles. The van der Waals surface area contributed by atoms with E-state index in [0.29, 0.717) is 0 Å². The van der Waals surface area contributed by atoms with Crippen molar-refractivity contribution in [1.29, 1.82) is 0 Å². The van der Waals surface area contributed by atoms with Crippen LogP contribution in [0.2, 0.25) is 0 Å². The van der Waals surface area contributed by atoms with Gasteiger partial charge in [-0.25, -0.2) is 8.42 Å². The van der Waals surface area contributed by atoms with Crippen molar-refractivity contribution in [3.05, 3.63) is 38.4 Å². The van der Waals surface area contributed by atoms with Gasteiger partial charge in [-0.2, -0.15) is 0 Å². The van der Waals surface area contributed by atoms with Crippen LogP contribution in [0, 0.1) is 20.2 Å². The first-order chi connectivity index (χ1) is 7.25. The Morgan fingerprint density at radius 1 is 1.06 bits per heavy atom. The summed E-state index contributed by atoms with van der Waals surface area (Å²) < 4.78 is 22.5. The van der Waals surface area contributed by atoms with Crippen molar-refractivity contribution in [3.8, 4) is 0 Å². The van der Waals surface area contributed by atoms with Gasteiger partial charge in [-0.3, -0.25) is 20.2 Å². The SMILES string of the molecule is O=[N+]([O-])c1cccc([N+](=O)[O-])c1S(=O)(=O)I. The molecule has 1 aromatic rings. The molecule has 0 saturated heterocycles. The Kier molecular flexibility index (Phi) is 3.42. The second kappa shape index (κ2) is 4.29. The van der Waals surface area contributed by atoms with E-state index in [2.05, 4.69) is 0 Å². The largest absolute Gasteiger partial charge is 0.295 e. The summed E-state index contributed by atoms with van der Waals surface area (Å²) in [5, 5.41) is 21.1. The van der Waals surface area contributed by atoms with E-state index in [1.165, 1.54) is 0 Å². The van der Waals surface area contributed by atoms with Gasteiger partial charge in [-0.05, 0) is 6.07 Å². The highest BCUT2D eigenvalue weighted by Gasteiger charge is 2.33. The third-order valence-electron chi connectivity index (χ3n) is 1.61. The molecule has 0 radical (unpaired) electrons. The highest BCUT2D eigenvalue weighted by atomic mass is 127. The van der Waals surface area contributed by atoms with Gasteiger partial charge < -0.3 is 0 Å². The number of hydrogen-bond donors (Lipinski definition) is 0. The van der Waals surface area contributed by atoms with Crippen LogP contribution < -0.4 is 0 Å². The molecule has 0 aliphatic heterocycles. The zero-order valence-corrected chi connectivity index (χ0v) is 10.3. The molecule has 0 spiro atoms. The Bertz CT molecular complexity index is 536. The van der Waals surface area contributed by atoms with E-state index in [1.54, 1.807) is 0 Å². The molecule has 0 fully saturated rings.